The van der Waals surface area contributed by atoms with E-state index in [-0.39, 0.29) is 11.7 Å². The summed E-state index contributed by atoms with van der Waals surface area (Å²) in [4.78, 5) is 16.9. The standard InChI is InChI=1S/C22H29N3O2/c1-24-12-14-25(15-13-24)17-19-8-6-18(7-9-19)16-23-22(27)11-10-20-4-2-3-5-21(20)26/h2-9,26H,10-17H2,1H3,(H,23,27). The number of rotatable bonds is 7. The third-order valence-corrected chi connectivity index (χ3v) is 5.13. The second-order valence-corrected chi connectivity index (χ2v) is 7.30. The average Bonchev–Trinajstić information content (AvgIpc) is 2.68. The highest BCUT2D eigenvalue weighted by Crippen LogP contribution is 2.17. The van der Waals surface area contributed by atoms with Crippen molar-refractivity contribution in [2.75, 3.05) is 33.2 Å². The Morgan fingerprint density at radius 1 is 1.00 bits per heavy atom. The molecule has 1 saturated heterocycles. The van der Waals surface area contributed by atoms with Gasteiger partial charge in [0.2, 0.25) is 5.91 Å². The molecular formula is C22H29N3O2. The Morgan fingerprint density at radius 2 is 1.67 bits per heavy atom. The van der Waals surface area contributed by atoms with Gasteiger partial charge in [0.05, 0.1) is 0 Å². The van der Waals surface area contributed by atoms with Crippen molar-refractivity contribution in [2.24, 2.45) is 0 Å². The van der Waals surface area contributed by atoms with Gasteiger partial charge in [0.15, 0.2) is 0 Å². The highest BCUT2D eigenvalue weighted by Gasteiger charge is 2.13. The van der Waals surface area contributed by atoms with E-state index in [1.54, 1.807) is 12.1 Å². The summed E-state index contributed by atoms with van der Waals surface area (Å²) in [6.45, 7) is 6.02. The summed E-state index contributed by atoms with van der Waals surface area (Å²) >= 11 is 0. The number of aromatic hydroxyl groups is 1. The van der Waals surface area contributed by atoms with Gasteiger partial charge in [0, 0.05) is 45.7 Å². The van der Waals surface area contributed by atoms with Crippen LogP contribution >= 0.6 is 0 Å². The molecule has 2 aromatic carbocycles. The topological polar surface area (TPSA) is 55.8 Å². The number of likely N-dealkylation sites (N-methyl/N-ethyl adjacent to an activating group) is 1. The van der Waals surface area contributed by atoms with Gasteiger partial charge in [-0.25, -0.2) is 0 Å². The van der Waals surface area contributed by atoms with E-state index < -0.39 is 0 Å². The van der Waals surface area contributed by atoms with Crippen LogP contribution in [0.2, 0.25) is 0 Å². The molecule has 0 aliphatic carbocycles. The molecule has 2 N–H and O–H groups in total. The Balaban J connectivity index is 1.40. The fraction of sp³-hybridized carbons (Fsp3) is 0.409. The maximum absolute atomic E-state index is 12.1. The van der Waals surface area contributed by atoms with Gasteiger partial charge >= 0.3 is 0 Å². The largest absolute Gasteiger partial charge is 0.508 e. The third-order valence-electron chi connectivity index (χ3n) is 5.13. The van der Waals surface area contributed by atoms with Crippen molar-refractivity contribution in [2.45, 2.75) is 25.9 Å². The molecule has 0 bridgehead atoms. The number of hydrogen-bond donors (Lipinski definition) is 2. The molecule has 1 amide bonds. The Bertz CT molecular complexity index is 737. The SMILES string of the molecule is CN1CCN(Cc2ccc(CNC(=O)CCc3ccccc3O)cc2)CC1. The summed E-state index contributed by atoms with van der Waals surface area (Å²) in [6.07, 6.45) is 0.918. The van der Waals surface area contributed by atoms with Crippen LogP contribution < -0.4 is 5.32 Å². The molecule has 0 unspecified atom stereocenters. The Labute approximate surface area is 161 Å². The second kappa shape index (κ2) is 9.53. The van der Waals surface area contributed by atoms with E-state index in [9.17, 15) is 9.90 Å². The lowest BCUT2D eigenvalue weighted by atomic mass is 10.1. The number of phenolic OH excluding ortho intramolecular Hbond substituents is 1. The normalized spacial score (nSPS) is 15.6. The summed E-state index contributed by atoms with van der Waals surface area (Å²) < 4.78 is 0. The van der Waals surface area contributed by atoms with Crippen molar-refractivity contribution in [1.29, 1.82) is 0 Å². The average molecular weight is 367 g/mol. The van der Waals surface area contributed by atoms with Gasteiger partial charge in [0.1, 0.15) is 5.75 Å². The first-order valence-corrected chi connectivity index (χ1v) is 9.62. The highest BCUT2D eigenvalue weighted by atomic mass is 16.3. The van der Waals surface area contributed by atoms with Crippen molar-refractivity contribution in [1.82, 2.24) is 15.1 Å². The molecule has 1 aliphatic heterocycles. The first-order valence-electron chi connectivity index (χ1n) is 9.62. The Hall–Kier alpha value is -2.37. The monoisotopic (exact) mass is 367 g/mol. The zero-order valence-electron chi connectivity index (χ0n) is 16.0. The van der Waals surface area contributed by atoms with Gasteiger partial charge in [-0.05, 0) is 36.2 Å². The molecule has 0 aromatic heterocycles. The summed E-state index contributed by atoms with van der Waals surface area (Å²) in [7, 11) is 2.17. The molecule has 0 atom stereocenters. The van der Waals surface area contributed by atoms with E-state index in [2.05, 4.69) is 46.4 Å². The van der Waals surface area contributed by atoms with E-state index in [1.165, 1.54) is 5.56 Å². The van der Waals surface area contributed by atoms with Gasteiger partial charge in [-0.1, -0.05) is 42.5 Å². The van der Waals surface area contributed by atoms with Crippen LogP contribution in [0.3, 0.4) is 0 Å². The van der Waals surface area contributed by atoms with Gasteiger partial charge in [-0.3, -0.25) is 9.69 Å². The third kappa shape index (κ3) is 6.08. The van der Waals surface area contributed by atoms with Crippen LogP contribution in [-0.4, -0.2) is 54.0 Å². The van der Waals surface area contributed by atoms with Crippen LogP contribution in [0.25, 0.3) is 0 Å². The van der Waals surface area contributed by atoms with E-state index in [4.69, 9.17) is 0 Å². The Morgan fingerprint density at radius 3 is 2.37 bits per heavy atom. The van der Waals surface area contributed by atoms with E-state index in [0.29, 0.717) is 19.4 Å². The predicted octanol–water partition coefficient (Wildman–Crippen LogP) is 2.39. The molecular weight excluding hydrogens is 338 g/mol. The van der Waals surface area contributed by atoms with Gasteiger partial charge in [-0.2, -0.15) is 0 Å². The van der Waals surface area contributed by atoms with Crippen molar-refractivity contribution < 1.29 is 9.90 Å². The van der Waals surface area contributed by atoms with E-state index >= 15 is 0 Å². The smallest absolute Gasteiger partial charge is 0.220 e. The number of hydrogen-bond acceptors (Lipinski definition) is 4. The van der Waals surface area contributed by atoms with E-state index in [1.807, 2.05) is 12.1 Å². The molecule has 2 aromatic rings. The summed E-state index contributed by atoms with van der Waals surface area (Å²) in [5, 5.41) is 12.7. The van der Waals surface area contributed by atoms with Crippen LogP contribution in [0.1, 0.15) is 23.1 Å². The van der Waals surface area contributed by atoms with Gasteiger partial charge in [-0.15, -0.1) is 0 Å². The fourth-order valence-electron chi connectivity index (χ4n) is 3.29. The number of aryl methyl sites for hydroxylation is 1. The number of benzene rings is 2. The molecule has 27 heavy (non-hydrogen) atoms. The van der Waals surface area contributed by atoms with Crippen molar-refractivity contribution in [3.63, 3.8) is 0 Å². The van der Waals surface area contributed by atoms with Crippen molar-refractivity contribution in [3.05, 3.63) is 65.2 Å². The number of para-hydroxylation sites is 1. The molecule has 5 nitrogen and oxygen atoms in total. The number of nitrogens with zero attached hydrogens (tertiary/aromatic N) is 2. The Kier molecular flexibility index (Phi) is 6.85. The van der Waals surface area contributed by atoms with Crippen LogP contribution in [0.4, 0.5) is 0 Å². The lowest BCUT2D eigenvalue weighted by Crippen LogP contribution is -2.43. The van der Waals surface area contributed by atoms with Crippen molar-refractivity contribution in [3.8, 4) is 5.75 Å². The number of carbonyl (C=O) groups is 1. The minimum absolute atomic E-state index is 0.000217. The summed E-state index contributed by atoms with van der Waals surface area (Å²) in [5.74, 6) is 0.251. The van der Waals surface area contributed by atoms with E-state index in [0.717, 1.165) is 43.9 Å². The van der Waals surface area contributed by atoms with Gasteiger partial charge in [0.25, 0.3) is 0 Å². The highest BCUT2D eigenvalue weighted by molar-refractivity contribution is 5.76. The van der Waals surface area contributed by atoms with Crippen LogP contribution in [0, 0.1) is 0 Å². The minimum Gasteiger partial charge on any atom is -0.508 e. The van der Waals surface area contributed by atoms with Crippen molar-refractivity contribution >= 4 is 5.91 Å². The van der Waals surface area contributed by atoms with Crippen LogP contribution in [-0.2, 0) is 24.3 Å². The zero-order valence-corrected chi connectivity index (χ0v) is 16.0. The lowest BCUT2D eigenvalue weighted by Gasteiger charge is -2.32. The number of piperazine rings is 1. The number of carbonyl (C=O) groups excluding carboxylic acids is 1. The molecule has 144 valence electrons. The lowest BCUT2D eigenvalue weighted by molar-refractivity contribution is -0.121. The molecule has 1 fully saturated rings. The first-order chi connectivity index (χ1) is 13.1. The molecule has 1 aliphatic rings. The fourth-order valence-corrected chi connectivity index (χ4v) is 3.29. The molecule has 3 rings (SSSR count). The molecule has 1 heterocycles. The number of amides is 1. The zero-order chi connectivity index (χ0) is 19.1. The maximum atomic E-state index is 12.1. The molecule has 0 radical (unpaired) electrons. The minimum atomic E-state index is -0.000217. The first kappa shape index (κ1) is 19.4. The quantitative estimate of drug-likeness (QED) is 0.789. The van der Waals surface area contributed by atoms with Crippen LogP contribution in [0.5, 0.6) is 5.75 Å². The van der Waals surface area contributed by atoms with Crippen LogP contribution in [0.15, 0.2) is 48.5 Å². The predicted molar refractivity (Wildman–Crippen MR) is 107 cm³/mol. The molecule has 5 heteroatoms. The second-order valence-electron chi connectivity index (χ2n) is 7.30. The molecule has 0 saturated carbocycles. The van der Waals surface area contributed by atoms with Gasteiger partial charge < -0.3 is 15.3 Å². The summed E-state index contributed by atoms with van der Waals surface area (Å²) in [5.41, 5.74) is 3.23. The summed E-state index contributed by atoms with van der Waals surface area (Å²) in [6, 6.07) is 15.6. The number of nitrogens with one attached hydrogen (secondary N) is 1. The maximum Gasteiger partial charge on any atom is 0.220 e. The molecule has 0 spiro atoms. The number of phenols is 1.